The second-order valence-electron chi connectivity index (χ2n) is 7.40. The Morgan fingerprint density at radius 3 is 2.04 bits per heavy atom. The zero-order chi connectivity index (χ0) is 19.1. The first kappa shape index (κ1) is 17.0. The molecule has 0 aliphatic heterocycles. The third-order valence-electron chi connectivity index (χ3n) is 5.83. The minimum atomic E-state index is -0.546. The Kier molecular flexibility index (Phi) is 4.14. The van der Waals surface area contributed by atoms with Gasteiger partial charge in [0.05, 0.1) is 12.1 Å². The van der Waals surface area contributed by atoms with Crippen LogP contribution in [0.25, 0.3) is 11.1 Å². The van der Waals surface area contributed by atoms with Gasteiger partial charge >= 0.3 is 6.09 Å². The molecule has 4 nitrogen and oxygen atoms in total. The van der Waals surface area contributed by atoms with Crippen molar-refractivity contribution in [1.29, 1.82) is 0 Å². The fraction of sp³-hybridized carbons (Fsp3) is 0.208. The van der Waals surface area contributed by atoms with Gasteiger partial charge in [-0.3, -0.25) is 0 Å². The summed E-state index contributed by atoms with van der Waals surface area (Å²) in [5.74, 6) is 0.0413. The summed E-state index contributed by atoms with van der Waals surface area (Å²) < 4.78 is 5.62. The number of carbonyl (C=O) groups is 1. The van der Waals surface area contributed by atoms with E-state index in [4.69, 9.17) is 4.74 Å². The fourth-order valence-electron chi connectivity index (χ4n) is 4.53. The molecule has 2 aliphatic rings. The van der Waals surface area contributed by atoms with Crippen LogP contribution in [0, 0.1) is 0 Å². The quantitative estimate of drug-likeness (QED) is 0.701. The highest BCUT2D eigenvalue weighted by atomic mass is 16.5. The third-order valence-corrected chi connectivity index (χ3v) is 5.83. The van der Waals surface area contributed by atoms with E-state index < -0.39 is 12.2 Å². The molecular formula is C24H21NO3. The molecule has 1 amide bonds. The van der Waals surface area contributed by atoms with Gasteiger partial charge in [-0.05, 0) is 33.4 Å². The van der Waals surface area contributed by atoms with E-state index in [0.29, 0.717) is 6.42 Å². The van der Waals surface area contributed by atoms with Crippen molar-refractivity contribution in [2.75, 3.05) is 6.61 Å². The lowest BCUT2D eigenvalue weighted by Gasteiger charge is -2.17. The number of aliphatic hydroxyl groups is 1. The molecule has 5 rings (SSSR count). The van der Waals surface area contributed by atoms with Gasteiger partial charge < -0.3 is 15.2 Å². The second-order valence-corrected chi connectivity index (χ2v) is 7.40. The Labute approximate surface area is 163 Å². The SMILES string of the molecule is O=C(N[C@H]1C[C@@H](O)c2ccccc21)OCC1c2ccccc2-c2ccccc21. The smallest absolute Gasteiger partial charge is 0.407 e. The van der Waals surface area contributed by atoms with Crippen molar-refractivity contribution in [3.05, 3.63) is 95.1 Å². The van der Waals surface area contributed by atoms with Crippen LogP contribution in [-0.4, -0.2) is 17.8 Å². The number of alkyl carbamates (subject to hydrolysis) is 1. The average Bonchev–Trinajstić information content (AvgIpc) is 3.22. The van der Waals surface area contributed by atoms with Crippen molar-refractivity contribution in [2.24, 2.45) is 0 Å². The lowest BCUT2D eigenvalue weighted by atomic mass is 9.98. The van der Waals surface area contributed by atoms with Crippen LogP contribution in [0.15, 0.2) is 72.8 Å². The highest BCUT2D eigenvalue weighted by Crippen LogP contribution is 2.44. The van der Waals surface area contributed by atoms with Gasteiger partial charge in [-0.15, -0.1) is 0 Å². The Morgan fingerprint density at radius 2 is 1.39 bits per heavy atom. The van der Waals surface area contributed by atoms with Crippen molar-refractivity contribution in [1.82, 2.24) is 5.32 Å². The number of fused-ring (bicyclic) bond motifs is 4. The summed E-state index contributed by atoms with van der Waals surface area (Å²) in [4.78, 5) is 12.5. The fourth-order valence-corrected chi connectivity index (χ4v) is 4.53. The van der Waals surface area contributed by atoms with E-state index in [0.717, 1.165) is 11.1 Å². The molecule has 0 saturated carbocycles. The second kappa shape index (κ2) is 6.80. The van der Waals surface area contributed by atoms with Gasteiger partial charge in [-0.25, -0.2) is 4.79 Å². The summed E-state index contributed by atoms with van der Waals surface area (Å²) in [6.07, 6.45) is -0.519. The lowest BCUT2D eigenvalue weighted by Crippen LogP contribution is -2.29. The highest BCUT2D eigenvalue weighted by molar-refractivity contribution is 5.79. The minimum Gasteiger partial charge on any atom is -0.449 e. The summed E-state index contributed by atoms with van der Waals surface area (Å²) in [5.41, 5.74) is 6.64. The van der Waals surface area contributed by atoms with E-state index in [1.54, 1.807) is 0 Å². The number of ether oxygens (including phenoxy) is 1. The minimum absolute atomic E-state index is 0.0413. The van der Waals surface area contributed by atoms with Crippen LogP contribution >= 0.6 is 0 Å². The molecule has 0 bridgehead atoms. The molecule has 3 aromatic carbocycles. The molecule has 2 aliphatic carbocycles. The topological polar surface area (TPSA) is 58.6 Å². The highest BCUT2D eigenvalue weighted by Gasteiger charge is 2.32. The van der Waals surface area contributed by atoms with Gasteiger partial charge in [0, 0.05) is 12.3 Å². The predicted molar refractivity (Wildman–Crippen MR) is 107 cm³/mol. The number of benzene rings is 3. The van der Waals surface area contributed by atoms with E-state index in [9.17, 15) is 9.90 Å². The first-order chi connectivity index (χ1) is 13.7. The maximum atomic E-state index is 12.5. The predicted octanol–water partition coefficient (Wildman–Crippen LogP) is 4.70. The van der Waals surface area contributed by atoms with Gasteiger partial charge in [0.2, 0.25) is 0 Å². The summed E-state index contributed by atoms with van der Waals surface area (Å²) in [6.45, 7) is 0.288. The van der Waals surface area contributed by atoms with Crippen LogP contribution in [0.4, 0.5) is 4.79 Å². The number of amides is 1. The van der Waals surface area contributed by atoms with Crippen LogP contribution < -0.4 is 5.32 Å². The van der Waals surface area contributed by atoms with Crippen molar-refractivity contribution >= 4 is 6.09 Å². The Hall–Kier alpha value is -3.11. The van der Waals surface area contributed by atoms with Crippen LogP contribution in [0.3, 0.4) is 0 Å². The number of carbonyl (C=O) groups excluding carboxylic acids is 1. The molecule has 0 spiro atoms. The standard InChI is InChI=1S/C24H21NO3/c26-23-13-22(19-11-5-6-12-20(19)23)25-24(27)28-14-21-17-9-3-1-7-15(17)16-8-2-4-10-18(16)21/h1-12,21-23,26H,13-14H2,(H,25,27)/t22-,23+/m0/s1. The summed E-state index contributed by atoms with van der Waals surface area (Å²) >= 11 is 0. The number of nitrogens with one attached hydrogen (secondary N) is 1. The normalized spacial score (nSPS) is 19.6. The van der Waals surface area contributed by atoms with E-state index in [-0.39, 0.29) is 18.6 Å². The van der Waals surface area contributed by atoms with Crippen LogP contribution in [0.5, 0.6) is 0 Å². The van der Waals surface area contributed by atoms with E-state index in [1.165, 1.54) is 22.3 Å². The molecule has 140 valence electrons. The molecule has 4 heteroatoms. The van der Waals surface area contributed by atoms with Crippen molar-refractivity contribution in [2.45, 2.75) is 24.5 Å². The number of rotatable bonds is 3. The van der Waals surface area contributed by atoms with Crippen molar-refractivity contribution in [3.8, 4) is 11.1 Å². The number of hydrogen-bond donors (Lipinski definition) is 2. The van der Waals surface area contributed by atoms with Crippen LogP contribution in [0.2, 0.25) is 0 Å². The van der Waals surface area contributed by atoms with E-state index >= 15 is 0 Å². The first-order valence-electron chi connectivity index (χ1n) is 9.61. The van der Waals surface area contributed by atoms with E-state index in [2.05, 4.69) is 29.6 Å². The molecule has 0 aromatic heterocycles. The average molecular weight is 371 g/mol. The van der Waals surface area contributed by atoms with Gasteiger partial charge in [0.25, 0.3) is 0 Å². The molecular weight excluding hydrogens is 350 g/mol. The summed E-state index contributed by atoms with van der Waals surface area (Å²) in [7, 11) is 0. The summed E-state index contributed by atoms with van der Waals surface area (Å²) in [5, 5.41) is 13.1. The zero-order valence-corrected chi connectivity index (χ0v) is 15.3. The van der Waals surface area contributed by atoms with Crippen LogP contribution in [-0.2, 0) is 4.74 Å². The van der Waals surface area contributed by atoms with Crippen molar-refractivity contribution in [3.63, 3.8) is 0 Å². The van der Waals surface area contributed by atoms with E-state index in [1.807, 2.05) is 48.5 Å². The summed E-state index contributed by atoms with van der Waals surface area (Å²) in [6, 6.07) is 24.0. The molecule has 0 radical (unpaired) electrons. The number of hydrogen-bond acceptors (Lipinski definition) is 3. The number of aliphatic hydroxyl groups excluding tert-OH is 1. The molecule has 0 unspecified atom stereocenters. The van der Waals surface area contributed by atoms with Crippen molar-refractivity contribution < 1.29 is 14.6 Å². The largest absolute Gasteiger partial charge is 0.449 e. The maximum absolute atomic E-state index is 12.5. The first-order valence-corrected chi connectivity index (χ1v) is 9.61. The van der Waals surface area contributed by atoms with Crippen LogP contribution in [0.1, 0.15) is 46.7 Å². The molecule has 28 heavy (non-hydrogen) atoms. The van der Waals surface area contributed by atoms with Gasteiger partial charge in [0.15, 0.2) is 0 Å². The Bertz CT molecular complexity index is 1000. The molecule has 3 aromatic rings. The molecule has 0 saturated heterocycles. The van der Waals surface area contributed by atoms with Gasteiger partial charge in [-0.1, -0.05) is 72.8 Å². The lowest BCUT2D eigenvalue weighted by molar-refractivity contribution is 0.132. The molecule has 0 fully saturated rings. The maximum Gasteiger partial charge on any atom is 0.407 e. The van der Waals surface area contributed by atoms with Gasteiger partial charge in [-0.2, -0.15) is 0 Å². The zero-order valence-electron chi connectivity index (χ0n) is 15.3. The van der Waals surface area contributed by atoms with Gasteiger partial charge in [0.1, 0.15) is 6.61 Å². The third kappa shape index (κ3) is 2.77. The Morgan fingerprint density at radius 1 is 0.857 bits per heavy atom. The molecule has 2 atom stereocenters. The molecule has 0 heterocycles. The monoisotopic (exact) mass is 371 g/mol. The molecule has 2 N–H and O–H groups in total. The Balaban J connectivity index is 1.30.